The van der Waals surface area contributed by atoms with Crippen LogP contribution in [0.25, 0.3) is 0 Å². The molecule has 1 saturated carbocycles. The van der Waals surface area contributed by atoms with Gasteiger partial charge >= 0.3 is 6.03 Å². The number of carbonyl (C=O) groups is 1. The maximum Gasteiger partial charge on any atom is 0.315 e. The standard InChI is InChI=1S/C20H30ClN3O/c1-20(2,15-6-5-7-16(21)12-15)14-22-19(25)23-17-10-11-24(13-17)18-8-3-4-9-18/h5-7,12,17-18H,3-4,8-11,13-14H2,1-2H3,(H2,22,23,25). The Kier molecular flexibility index (Phi) is 5.90. The van der Waals surface area contributed by atoms with Crippen LogP contribution < -0.4 is 10.6 Å². The van der Waals surface area contributed by atoms with Crippen LogP contribution >= 0.6 is 11.6 Å². The summed E-state index contributed by atoms with van der Waals surface area (Å²) in [4.78, 5) is 14.9. The minimum absolute atomic E-state index is 0.0617. The number of nitrogens with one attached hydrogen (secondary N) is 2. The molecule has 1 saturated heterocycles. The van der Waals surface area contributed by atoms with E-state index >= 15 is 0 Å². The predicted octanol–water partition coefficient (Wildman–Crippen LogP) is 3.93. The lowest BCUT2D eigenvalue weighted by Gasteiger charge is -2.27. The van der Waals surface area contributed by atoms with E-state index in [1.54, 1.807) is 0 Å². The Morgan fingerprint density at radius 2 is 2.04 bits per heavy atom. The molecule has 1 atom stereocenters. The lowest BCUT2D eigenvalue weighted by molar-refractivity contribution is 0.226. The van der Waals surface area contributed by atoms with Gasteiger partial charge in [0.2, 0.25) is 0 Å². The fourth-order valence-electron chi connectivity index (χ4n) is 4.06. The number of likely N-dealkylation sites (tertiary alicyclic amines) is 1. The van der Waals surface area contributed by atoms with Crippen molar-refractivity contribution >= 4 is 17.6 Å². The molecule has 2 fully saturated rings. The molecular weight excluding hydrogens is 334 g/mol. The van der Waals surface area contributed by atoms with E-state index < -0.39 is 0 Å². The molecule has 1 aromatic carbocycles. The van der Waals surface area contributed by atoms with Crippen molar-refractivity contribution in [2.45, 2.75) is 63.5 Å². The average Bonchev–Trinajstić information content (AvgIpc) is 3.24. The van der Waals surface area contributed by atoms with E-state index in [1.807, 2.05) is 18.2 Å². The van der Waals surface area contributed by atoms with Gasteiger partial charge in [0.25, 0.3) is 0 Å². The van der Waals surface area contributed by atoms with Crippen LogP contribution in [0.2, 0.25) is 5.02 Å². The molecule has 4 nitrogen and oxygen atoms in total. The average molecular weight is 364 g/mol. The van der Waals surface area contributed by atoms with Crippen molar-refractivity contribution < 1.29 is 4.79 Å². The smallest absolute Gasteiger partial charge is 0.315 e. The molecule has 2 N–H and O–H groups in total. The molecule has 0 aromatic heterocycles. The van der Waals surface area contributed by atoms with E-state index in [0.717, 1.165) is 36.1 Å². The highest BCUT2D eigenvalue weighted by molar-refractivity contribution is 6.30. The van der Waals surface area contributed by atoms with Crippen LogP contribution in [0, 0.1) is 0 Å². The van der Waals surface area contributed by atoms with Gasteiger partial charge in [0.15, 0.2) is 0 Å². The molecule has 0 bridgehead atoms. The minimum atomic E-state index is -0.159. The molecule has 1 unspecified atom stereocenters. The van der Waals surface area contributed by atoms with Gasteiger partial charge in [0.05, 0.1) is 0 Å². The Morgan fingerprint density at radius 1 is 1.28 bits per heavy atom. The number of hydrogen-bond donors (Lipinski definition) is 2. The normalized spacial score (nSPS) is 22.3. The quantitative estimate of drug-likeness (QED) is 0.832. The topological polar surface area (TPSA) is 44.4 Å². The third-order valence-electron chi connectivity index (χ3n) is 5.69. The van der Waals surface area contributed by atoms with Crippen molar-refractivity contribution in [2.24, 2.45) is 0 Å². The van der Waals surface area contributed by atoms with Gasteiger partial charge in [0.1, 0.15) is 0 Å². The number of carbonyl (C=O) groups excluding carboxylic acids is 1. The van der Waals surface area contributed by atoms with E-state index in [2.05, 4.69) is 35.4 Å². The van der Waals surface area contributed by atoms with Crippen molar-refractivity contribution in [2.75, 3.05) is 19.6 Å². The van der Waals surface area contributed by atoms with Gasteiger partial charge in [-0.05, 0) is 37.0 Å². The van der Waals surface area contributed by atoms with Gasteiger partial charge in [-0.3, -0.25) is 4.90 Å². The second kappa shape index (κ2) is 7.96. The first kappa shape index (κ1) is 18.5. The van der Waals surface area contributed by atoms with Crippen LogP contribution in [0.1, 0.15) is 51.5 Å². The SMILES string of the molecule is CC(C)(CNC(=O)NC1CCN(C2CCCC2)C1)c1cccc(Cl)c1. The molecule has 1 aliphatic carbocycles. The van der Waals surface area contributed by atoms with Crippen LogP contribution in [0.3, 0.4) is 0 Å². The maximum atomic E-state index is 12.3. The number of rotatable bonds is 5. The van der Waals surface area contributed by atoms with Gasteiger partial charge < -0.3 is 10.6 Å². The Labute approximate surface area is 156 Å². The fraction of sp³-hybridized carbons (Fsp3) is 0.650. The number of amides is 2. The highest BCUT2D eigenvalue weighted by atomic mass is 35.5. The molecule has 1 aliphatic heterocycles. The molecule has 0 spiro atoms. The van der Waals surface area contributed by atoms with Gasteiger partial charge in [-0.2, -0.15) is 0 Å². The number of halogens is 1. The summed E-state index contributed by atoms with van der Waals surface area (Å²) >= 11 is 6.09. The van der Waals surface area contributed by atoms with Crippen LogP contribution in [0.5, 0.6) is 0 Å². The molecule has 1 aromatic rings. The Hall–Kier alpha value is -1.26. The van der Waals surface area contributed by atoms with Crippen LogP contribution in [-0.4, -0.2) is 42.6 Å². The highest BCUT2D eigenvalue weighted by Gasteiger charge is 2.31. The fourth-order valence-corrected chi connectivity index (χ4v) is 4.25. The molecule has 25 heavy (non-hydrogen) atoms. The van der Waals surface area contributed by atoms with Crippen molar-refractivity contribution in [1.29, 1.82) is 0 Å². The molecule has 2 aliphatic rings. The zero-order chi connectivity index (χ0) is 17.9. The van der Waals surface area contributed by atoms with E-state index in [9.17, 15) is 4.79 Å². The number of nitrogens with zero attached hydrogens (tertiary/aromatic N) is 1. The summed E-state index contributed by atoms with van der Waals surface area (Å²) in [6, 6.07) is 8.81. The Bertz CT molecular complexity index is 598. The molecule has 2 amide bonds. The third-order valence-corrected chi connectivity index (χ3v) is 5.93. The second-order valence-electron chi connectivity index (χ2n) is 8.14. The highest BCUT2D eigenvalue weighted by Crippen LogP contribution is 2.27. The van der Waals surface area contributed by atoms with Crippen LogP contribution in [-0.2, 0) is 5.41 Å². The third kappa shape index (κ3) is 4.89. The van der Waals surface area contributed by atoms with E-state index in [0.29, 0.717) is 6.54 Å². The largest absolute Gasteiger partial charge is 0.337 e. The number of hydrogen-bond acceptors (Lipinski definition) is 2. The molecule has 0 radical (unpaired) electrons. The van der Waals surface area contributed by atoms with Gasteiger partial charge in [-0.1, -0.05) is 50.4 Å². The van der Waals surface area contributed by atoms with Crippen molar-refractivity contribution in [3.05, 3.63) is 34.9 Å². The summed E-state index contributed by atoms with van der Waals surface area (Å²) in [6.07, 6.45) is 6.43. The lowest BCUT2D eigenvalue weighted by atomic mass is 9.85. The maximum absolute atomic E-state index is 12.3. The summed E-state index contributed by atoms with van der Waals surface area (Å²) in [5.74, 6) is 0. The zero-order valence-electron chi connectivity index (χ0n) is 15.4. The number of benzene rings is 1. The first-order valence-corrected chi connectivity index (χ1v) is 9.86. The summed E-state index contributed by atoms with van der Waals surface area (Å²) < 4.78 is 0. The first-order chi connectivity index (χ1) is 11.9. The lowest BCUT2D eigenvalue weighted by Crippen LogP contribution is -2.47. The monoisotopic (exact) mass is 363 g/mol. The van der Waals surface area contributed by atoms with Crippen LogP contribution in [0.4, 0.5) is 4.79 Å². The van der Waals surface area contributed by atoms with E-state index in [1.165, 1.54) is 25.7 Å². The summed E-state index contributed by atoms with van der Waals surface area (Å²) in [5.41, 5.74) is 0.974. The van der Waals surface area contributed by atoms with Crippen LogP contribution in [0.15, 0.2) is 24.3 Å². The zero-order valence-corrected chi connectivity index (χ0v) is 16.1. The first-order valence-electron chi connectivity index (χ1n) is 9.48. The Balaban J connectivity index is 1.45. The minimum Gasteiger partial charge on any atom is -0.337 e. The van der Waals surface area contributed by atoms with E-state index in [4.69, 9.17) is 11.6 Å². The summed E-state index contributed by atoms with van der Waals surface area (Å²) in [5, 5.41) is 6.92. The summed E-state index contributed by atoms with van der Waals surface area (Å²) in [7, 11) is 0. The molecule has 138 valence electrons. The second-order valence-corrected chi connectivity index (χ2v) is 8.58. The number of urea groups is 1. The molecule has 5 heteroatoms. The predicted molar refractivity (Wildman–Crippen MR) is 103 cm³/mol. The van der Waals surface area contributed by atoms with Crippen molar-refractivity contribution in [3.8, 4) is 0 Å². The van der Waals surface area contributed by atoms with Gasteiger partial charge in [-0.15, -0.1) is 0 Å². The molecule has 3 rings (SSSR count). The van der Waals surface area contributed by atoms with Crippen molar-refractivity contribution in [3.63, 3.8) is 0 Å². The Morgan fingerprint density at radius 3 is 2.76 bits per heavy atom. The summed E-state index contributed by atoms with van der Waals surface area (Å²) in [6.45, 7) is 6.93. The molecular formula is C20H30ClN3O. The van der Waals surface area contributed by atoms with E-state index in [-0.39, 0.29) is 17.5 Å². The van der Waals surface area contributed by atoms with Crippen molar-refractivity contribution in [1.82, 2.24) is 15.5 Å². The van der Waals surface area contributed by atoms with Gasteiger partial charge in [-0.25, -0.2) is 4.79 Å². The van der Waals surface area contributed by atoms with Gasteiger partial charge in [0, 0.05) is 42.2 Å². The molecule has 1 heterocycles.